The summed E-state index contributed by atoms with van der Waals surface area (Å²) in [5, 5.41) is 5.37. The third kappa shape index (κ3) is 13.1. The molecule has 2 N–H and O–H groups in total. The van der Waals surface area contributed by atoms with E-state index in [2.05, 4.69) is 22.8 Å². The highest BCUT2D eigenvalue weighted by molar-refractivity contribution is 6.13. The molecule has 0 spiro atoms. The van der Waals surface area contributed by atoms with Gasteiger partial charge in [-0.05, 0) is 32.1 Å². The largest absolute Gasteiger partial charge is 0.446 e. The quantitative estimate of drug-likeness (QED) is 0.185. The zero-order valence-corrected chi connectivity index (χ0v) is 20.2. The van der Waals surface area contributed by atoms with E-state index in [1.165, 1.54) is 12.2 Å². The van der Waals surface area contributed by atoms with Gasteiger partial charge in [-0.3, -0.25) is 19.3 Å². The van der Waals surface area contributed by atoms with Gasteiger partial charge in [0.15, 0.2) is 0 Å². The normalized spacial score (nSPS) is 17.8. The van der Waals surface area contributed by atoms with Crippen LogP contribution in [-0.4, -0.2) is 94.1 Å². The minimum absolute atomic E-state index is 0.0239. The Labute approximate surface area is 206 Å². The van der Waals surface area contributed by atoms with Crippen molar-refractivity contribution < 1.29 is 38.1 Å². The molecular weight excluding hydrogens is 458 g/mol. The van der Waals surface area contributed by atoms with Gasteiger partial charge in [0.1, 0.15) is 6.10 Å². The summed E-state index contributed by atoms with van der Waals surface area (Å²) in [6, 6.07) is 0. The number of carbonyl (C=O) groups excluding carboxylic acids is 4. The van der Waals surface area contributed by atoms with Gasteiger partial charge in [-0.15, -0.1) is 0 Å². The van der Waals surface area contributed by atoms with E-state index in [4.69, 9.17) is 18.9 Å². The molecule has 1 unspecified atom stereocenters. The predicted molar refractivity (Wildman–Crippen MR) is 126 cm³/mol. The standard InChI is InChI=1S/C24H37N3O8/c28-21(10-13-27-22(29)8-9-23(27)30)25-11-14-32-16-18-34-19-17-33-15-12-26-24(31)35-20-6-4-2-1-3-5-7-20/h1-2,8-9,20H,3-7,10-19H2,(H,25,28)(H,26,31). The van der Waals surface area contributed by atoms with Gasteiger partial charge in [0.25, 0.3) is 11.8 Å². The molecule has 0 aromatic heterocycles. The Morgan fingerprint density at radius 3 is 2.11 bits per heavy atom. The van der Waals surface area contributed by atoms with Crippen molar-refractivity contribution in [2.24, 2.45) is 0 Å². The molecule has 11 heteroatoms. The van der Waals surface area contributed by atoms with Crippen LogP contribution in [0, 0.1) is 0 Å². The maximum Gasteiger partial charge on any atom is 0.407 e. The van der Waals surface area contributed by atoms with E-state index in [1.807, 2.05) is 0 Å². The van der Waals surface area contributed by atoms with Crippen molar-refractivity contribution in [3.63, 3.8) is 0 Å². The molecule has 0 saturated carbocycles. The summed E-state index contributed by atoms with van der Waals surface area (Å²) in [5.41, 5.74) is 0. The Hall–Kier alpha value is -2.76. The molecule has 1 aliphatic carbocycles. The van der Waals surface area contributed by atoms with E-state index >= 15 is 0 Å². The summed E-state index contributed by atoms with van der Waals surface area (Å²) in [5.74, 6) is -1.05. The van der Waals surface area contributed by atoms with E-state index in [1.54, 1.807) is 0 Å². The molecule has 0 aromatic carbocycles. The van der Waals surface area contributed by atoms with Gasteiger partial charge in [-0.2, -0.15) is 0 Å². The van der Waals surface area contributed by atoms with Crippen LogP contribution in [0.5, 0.6) is 0 Å². The predicted octanol–water partition coefficient (Wildman–Crippen LogP) is 1.08. The van der Waals surface area contributed by atoms with Crippen LogP contribution in [0.15, 0.2) is 24.3 Å². The number of hydrogen-bond donors (Lipinski definition) is 2. The summed E-state index contributed by atoms with van der Waals surface area (Å²) < 4.78 is 21.6. The van der Waals surface area contributed by atoms with Gasteiger partial charge >= 0.3 is 6.09 Å². The van der Waals surface area contributed by atoms with Crippen molar-refractivity contribution in [3.05, 3.63) is 24.3 Å². The molecule has 1 atom stereocenters. The average molecular weight is 496 g/mol. The second kappa shape index (κ2) is 17.6. The maximum atomic E-state index is 11.8. The van der Waals surface area contributed by atoms with E-state index in [0.717, 1.165) is 37.0 Å². The number of nitrogens with zero attached hydrogens (tertiary/aromatic N) is 1. The Bertz CT molecular complexity index is 722. The van der Waals surface area contributed by atoms with Crippen LogP contribution in [0.2, 0.25) is 0 Å². The highest BCUT2D eigenvalue weighted by Crippen LogP contribution is 2.15. The summed E-state index contributed by atoms with van der Waals surface area (Å²) >= 11 is 0. The lowest BCUT2D eigenvalue weighted by atomic mass is 10.0. The first-order chi connectivity index (χ1) is 17.1. The molecule has 196 valence electrons. The molecule has 0 saturated heterocycles. The summed E-state index contributed by atoms with van der Waals surface area (Å²) in [6.45, 7) is 3.05. The molecule has 1 aliphatic heterocycles. The molecule has 35 heavy (non-hydrogen) atoms. The lowest BCUT2D eigenvalue weighted by molar-refractivity contribution is -0.137. The molecule has 0 fully saturated rings. The van der Waals surface area contributed by atoms with Crippen molar-refractivity contribution in [2.75, 3.05) is 59.3 Å². The summed E-state index contributed by atoms with van der Waals surface area (Å²) in [4.78, 5) is 47.4. The third-order valence-corrected chi connectivity index (χ3v) is 5.28. The zero-order valence-electron chi connectivity index (χ0n) is 20.2. The van der Waals surface area contributed by atoms with E-state index < -0.39 is 17.9 Å². The smallest absolute Gasteiger partial charge is 0.407 e. The van der Waals surface area contributed by atoms with Crippen LogP contribution in [0.4, 0.5) is 4.79 Å². The molecule has 2 aliphatic rings. The topological polar surface area (TPSA) is 132 Å². The molecule has 0 radical (unpaired) electrons. The van der Waals surface area contributed by atoms with Crippen molar-refractivity contribution in [3.8, 4) is 0 Å². The fourth-order valence-electron chi connectivity index (χ4n) is 3.42. The van der Waals surface area contributed by atoms with Crippen molar-refractivity contribution in [2.45, 2.75) is 44.6 Å². The van der Waals surface area contributed by atoms with Gasteiger partial charge in [0.2, 0.25) is 5.91 Å². The van der Waals surface area contributed by atoms with Crippen LogP contribution in [0.1, 0.15) is 38.5 Å². The Morgan fingerprint density at radius 2 is 1.43 bits per heavy atom. The summed E-state index contributed by atoms with van der Waals surface area (Å²) in [7, 11) is 0. The van der Waals surface area contributed by atoms with Crippen LogP contribution < -0.4 is 10.6 Å². The number of allylic oxidation sites excluding steroid dienone is 2. The lowest BCUT2D eigenvalue weighted by Crippen LogP contribution is -2.35. The number of imide groups is 1. The van der Waals surface area contributed by atoms with Gasteiger partial charge in [-0.1, -0.05) is 12.2 Å². The Morgan fingerprint density at radius 1 is 0.829 bits per heavy atom. The number of alkyl carbamates (subject to hydrolysis) is 1. The first-order valence-corrected chi connectivity index (χ1v) is 12.2. The van der Waals surface area contributed by atoms with E-state index in [9.17, 15) is 19.2 Å². The minimum atomic E-state index is -0.401. The summed E-state index contributed by atoms with van der Waals surface area (Å²) in [6.07, 6.45) is 11.1. The van der Waals surface area contributed by atoms with Gasteiger partial charge in [0.05, 0.1) is 39.6 Å². The molecule has 0 aromatic rings. The van der Waals surface area contributed by atoms with Crippen LogP contribution in [0.25, 0.3) is 0 Å². The number of amides is 4. The van der Waals surface area contributed by atoms with Crippen LogP contribution in [0.3, 0.4) is 0 Å². The minimum Gasteiger partial charge on any atom is -0.446 e. The van der Waals surface area contributed by atoms with Crippen LogP contribution in [-0.2, 0) is 33.3 Å². The average Bonchev–Trinajstić information content (AvgIpc) is 3.14. The molecule has 4 amide bonds. The SMILES string of the molecule is O=C(CCN1C(=O)C=CC1=O)NCCOCCOCCOCCNC(=O)OC1CCC=CCCC1. The second-order valence-corrected chi connectivity index (χ2v) is 8.03. The van der Waals surface area contributed by atoms with Crippen molar-refractivity contribution in [1.82, 2.24) is 15.5 Å². The Kier molecular flexibility index (Phi) is 14.4. The fourth-order valence-corrected chi connectivity index (χ4v) is 3.42. The van der Waals surface area contributed by atoms with E-state index in [-0.39, 0.29) is 25.0 Å². The van der Waals surface area contributed by atoms with Gasteiger partial charge < -0.3 is 29.6 Å². The highest BCUT2D eigenvalue weighted by Gasteiger charge is 2.23. The first kappa shape index (κ1) is 28.5. The second-order valence-electron chi connectivity index (χ2n) is 8.03. The fraction of sp³-hybridized carbons (Fsp3) is 0.667. The molecule has 1 heterocycles. The van der Waals surface area contributed by atoms with Crippen molar-refractivity contribution in [1.29, 1.82) is 0 Å². The zero-order chi connectivity index (χ0) is 25.1. The number of nitrogens with one attached hydrogen (secondary N) is 2. The van der Waals surface area contributed by atoms with Crippen LogP contribution >= 0.6 is 0 Å². The highest BCUT2D eigenvalue weighted by atomic mass is 16.6. The number of carbonyl (C=O) groups is 4. The lowest BCUT2D eigenvalue weighted by Gasteiger charge is -2.18. The number of rotatable bonds is 16. The first-order valence-electron chi connectivity index (χ1n) is 12.2. The molecular formula is C24H37N3O8. The number of hydrogen-bond acceptors (Lipinski definition) is 8. The third-order valence-electron chi connectivity index (χ3n) is 5.28. The molecule has 11 nitrogen and oxygen atoms in total. The van der Waals surface area contributed by atoms with Gasteiger partial charge in [-0.25, -0.2) is 4.79 Å². The number of ether oxygens (including phenoxy) is 4. The Balaban J connectivity index is 1.31. The van der Waals surface area contributed by atoms with Gasteiger partial charge in [0, 0.05) is 38.2 Å². The monoisotopic (exact) mass is 495 g/mol. The maximum absolute atomic E-state index is 11.8. The van der Waals surface area contributed by atoms with E-state index in [0.29, 0.717) is 52.7 Å². The molecule has 0 bridgehead atoms. The van der Waals surface area contributed by atoms with Crippen molar-refractivity contribution >= 4 is 23.8 Å². The molecule has 2 rings (SSSR count).